The normalized spacial score (nSPS) is 11.5. The molecule has 0 saturated heterocycles. The Morgan fingerprint density at radius 2 is 0.828 bits per heavy atom. The number of aromatic amines is 3. The zero-order valence-corrected chi connectivity index (χ0v) is 21.6. The molecule has 10 heteroatoms. The van der Waals surface area contributed by atoms with Crippen LogP contribution >= 0.6 is 0 Å². The molecular formula is C19H30Cl2N7Ti. The van der Waals surface area contributed by atoms with Gasteiger partial charge >= 0.3 is 21.7 Å². The Kier molecular flexibility index (Phi) is 8.99. The maximum atomic E-state index is 4.54. The number of rotatable bonds is 4. The summed E-state index contributed by atoms with van der Waals surface area (Å²) < 4.78 is 0.649. The van der Waals surface area contributed by atoms with Gasteiger partial charge in [-0.25, -0.2) is 0 Å². The third kappa shape index (κ3) is 3.95. The van der Waals surface area contributed by atoms with E-state index in [0.717, 1.165) is 34.2 Å². The molecule has 29 heavy (non-hydrogen) atoms. The first-order valence-corrected chi connectivity index (χ1v) is 8.91. The first-order chi connectivity index (χ1) is 12.0. The molecule has 3 rings (SSSR count). The third-order valence-electron chi connectivity index (χ3n) is 5.48. The number of halogens is 2. The number of H-pyrrole nitrogens is 3. The van der Waals surface area contributed by atoms with E-state index in [1.165, 1.54) is 16.7 Å². The van der Waals surface area contributed by atoms with Crippen molar-refractivity contribution < 1.29 is 51.0 Å². The third-order valence-corrected chi connectivity index (χ3v) is 5.48. The van der Waals surface area contributed by atoms with E-state index in [1.807, 2.05) is 0 Å². The van der Waals surface area contributed by atoms with Crippen molar-refractivity contribution >= 4 is 0 Å². The largest absolute Gasteiger partial charge is 1.00 e. The average Bonchev–Trinajstić information content (AvgIpc) is 3.15. The molecule has 0 aliphatic heterocycles. The Bertz CT molecular complexity index is 795. The molecule has 0 fully saturated rings. The molecule has 0 spiro atoms. The van der Waals surface area contributed by atoms with Gasteiger partial charge in [0.25, 0.3) is 0 Å². The predicted molar refractivity (Wildman–Crippen MR) is 102 cm³/mol. The molecule has 3 N–H and O–H groups in total. The average molecular weight is 475 g/mol. The number of aromatic nitrogens is 6. The minimum atomic E-state index is -0.497. The molecule has 0 aromatic carbocycles. The number of aryl methyl sites for hydroxylation is 6. The second-order valence-electron chi connectivity index (χ2n) is 8.15. The predicted octanol–water partition coefficient (Wildman–Crippen LogP) is -3.29. The molecule has 0 bridgehead atoms. The van der Waals surface area contributed by atoms with Gasteiger partial charge in [0.2, 0.25) is 0 Å². The Hall–Kier alpha value is -1.12. The van der Waals surface area contributed by atoms with Crippen molar-refractivity contribution in [2.75, 3.05) is 21.1 Å². The molecule has 3 aromatic rings. The summed E-state index contributed by atoms with van der Waals surface area (Å²) in [5.41, 5.74) is 9.24. The molecule has 0 aliphatic carbocycles. The van der Waals surface area contributed by atoms with Crippen molar-refractivity contribution in [3.8, 4) is 0 Å². The quantitative estimate of drug-likeness (QED) is 0.273. The van der Waals surface area contributed by atoms with Crippen LogP contribution in [0.3, 0.4) is 0 Å². The van der Waals surface area contributed by atoms with E-state index < -0.39 is 5.54 Å². The fraction of sp³-hybridized carbons (Fsp3) is 0.526. The van der Waals surface area contributed by atoms with Crippen LogP contribution in [0.4, 0.5) is 0 Å². The maximum Gasteiger partial charge on any atom is 1.00 e. The van der Waals surface area contributed by atoms with Crippen LogP contribution in [0, 0.1) is 41.5 Å². The van der Waals surface area contributed by atoms with Gasteiger partial charge in [0.05, 0.1) is 54.9 Å². The van der Waals surface area contributed by atoms with Gasteiger partial charge in [-0.2, -0.15) is 15.3 Å². The SMILES string of the molecule is Cc1n[nH]c(C)c1C(c1c(C)n[nH]c1C)(c1c(C)n[nH]c1C)[N+](C)(C)C.[Cl-].[Cl-].[Ti+]. The number of nitrogens with one attached hydrogen (secondary N) is 3. The van der Waals surface area contributed by atoms with Gasteiger partial charge in [-0.1, -0.05) is 0 Å². The van der Waals surface area contributed by atoms with Crippen LogP contribution in [-0.4, -0.2) is 56.2 Å². The van der Waals surface area contributed by atoms with Gasteiger partial charge in [-0.05, 0) is 41.5 Å². The van der Waals surface area contributed by atoms with Crippen molar-refractivity contribution in [1.82, 2.24) is 30.6 Å². The number of quaternary nitrogens is 1. The van der Waals surface area contributed by atoms with E-state index in [2.05, 4.69) is 93.3 Å². The van der Waals surface area contributed by atoms with Gasteiger partial charge in [0.15, 0.2) is 5.54 Å². The second kappa shape index (κ2) is 9.35. The Morgan fingerprint density at radius 3 is 0.966 bits per heavy atom. The van der Waals surface area contributed by atoms with Crippen LogP contribution in [0.5, 0.6) is 0 Å². The molecule has 1 radical (unpaired) electrons. The molecule has 0 unspecified atom stereocenters. The number of hydrogen-bond donors (Lipinski definition) is 3. The molecule has 0 amide bonds. The number of hydrogen-bond acceptors (Lipinski definition) is 3. The van der Waals surface area contributed by atoms with Crippen molar-refractivity contribution in [3.63, 3.8) is 0 Å². The second-order valence-corrected chi connectivity index (χ2v) is 8.15. The monoisotopic (exact) mass is 474 g/mol. The van der Waals surface area contributed by atoms with E-state index in [4.69, 9.17) is 0 Å². The molecule has 7 nitrogen and oxygen atoms in total. The molecule has 0 atom stereocenters. The molecule has 0 saturated carbocycles. The first-order valence-electron chi connectivity index (χ1n) is 8.91. The van der Waals surface area contributed by atoms with Crippen molar-refractivity contribution in [3.05, 3.63) is 50.9 Å². The Balaban J connectivity index is 0.00000261. The smallest absolute Gasteiger partial charge is 1.00 e. The molecule has 0 aliphatic rings. The fourth-order valence-corrected chi connectivity index (χ4v) is 4.63. The van der Waals surface area contributed by atoms with Crippen LogP contribution in [0.25, 0.3) is 0 Å². The van der Waals surface area contributed by atoms with Crippen LogP contribution in [0.1, 0.15) is 50.9 Å². The van der Waals surface area contributed by atoms with Crippen LogP contribution in [0.2, 0.25) is 0 Å². The standard InChI is InChI=1S/C19H30N7.2ClH.Ti/c1-10-16(11(2)21-20-10)19(26(7,8)9,17-12(3)22-23-13(17)4)18-14(5)24-25-15(18)6;;;/h1-9H3,(H,20,21)(H,22,23)(H,24,25);2*1H;/q+1;;;+1/p-2. The van der Waals surface area contributed by atoms with E-state index in [1.54, 1.807) is 0 Å². The minimum absolute atomic E-state index is 0. The fourth-order valence-electron chi connectivity index (χ4n) is 4.63. The van der Waals surface area contributed by atoms with E-state index in [9.17, 15) is 0 Å². The van der Waals surface area contributed by atoms with E-state index in [0.29, 0.717) is 4.48 Å². The topological polar surface area (TPSA) is 86.0 Å². The van der Waals surface area contributed by atoms with Crippen molar-refractivity contribution in [2.45, 2.75) is 47.1 Å². The molecular weight excluding hydrogens is 445 g/mol. The van der Waals surface area contributed by atoms with Crippen LogP contribution < -0.4 is 24.8 Å². The minimum Gasteiger partial charge on any atom is -1.00 e. The van der Waals surface area contributed by atoms with Crippen LogP contribution in [-0.2, 0) is 27.3 Å². The maximum absolute atomic E-state index is 4.54. The summed E-state index contributed by atoms with van der Waals surface area (Å²) in [5.74, 6) is 0. The zero-order chi connectivity index (χ0) is 19.4. The molecule has 3 aromatic heterocycles. The van der Waals surface area contributed by atoms with Crippen LogP contribution in [0.15, 0.2) is 0 Å². The summed E-state index contributed by atoms with van der Waals surface area (Å²) in [6.07, 6.45) is 0. The van der Waals surface area contributed by atoms with E-state index in [-0.39, 0.29) is 46.5 Å². The summed E-state index contributed by atoms with van der Waals surface area (Å²) in [6, 6.07) is 0. The molecule has 3 heterocycles. The Labute approximate surface area is 200 Å². The summed E-state index contributed by atoms with van der Waals surface area (Å²) in [6.45, 7) is 12.5. The van der Waals surface area contributed by atoms with Gasteiger partial charge in [0, 0.05) is 17.1 Å². The van der Waals surface area contributed by atoms with Crippen molar-refractivity contribution in [2.24, 2.45) is 0 Å². The van der Waals surface area contributed by atoms with Crippen molar-refractivity contribution in [1.29, 1.82) is 0 Å². The summed E-state index contributed by atoms with van der Waals surface area (Å²) in [5, 5.41) is 23.2. The summed E-state index contributed by atoms with van der Waals surface area (Å²) >= 11 is 0. The van der Waals surface area contributed by atoms with E-state index >= 15 is 0 Å². The molecule has 159 valence electrons. The summed E-state index contributed by atoms with van der Waals surface area (Å²) in [4.78, 5) is 0. The zero-order valence-electron chi connectivity index (χ0n) is 18.5. The van der Waals surface area contributed by atoms with Gasteiger partial charge < -0.3 is 29.3 Å². The summed E-state index contributed by atoms with van der Waals surface area (Å²) in [7, 11) is 6.68. The van der Waals surface area contributed by atoms with Gasteiger partial charge in [0.1, 0.15) is 0 Å². The van der Waals surface area contributed by atoms with Gasteiger partial charge in [-0.3, -0.25) is 15.3 Å². The first kappa shape index (κ1) is 27.9. The Morgan fingerprint density at radius 1 is 0.586 bits per heavy atom. The number of nitrogens with zero attached hydrogens (tertiary/aromatic N) is 4. The van der Waals surface area contributed by atoms with Gasteiger partial charge in [-0.15, -0.1) is 0 Å².